The Morgan fingerprint density at radius 1 is 1.17 bits per heavy atom. The molecule has 0 aliphatic rings. The molecule has 1 aromatic rings. The van der Waals surface area contributed by atoms with Gasteiger partial charge in [-0.3, -0.25) is 0 Å². The van der Waals surface area contributed by atoms with E-state index in [0.29, 0.717) is 11.5 Å². The Bertz CT molecular complexity index is 377. The zero-order chi connectivity index (χ0) is 13.6. The molecule has 18 heavy (non-hydrogen) atoms. The van der Waals surface area contributed by atoms with Gasteiger partial charge in [0.15, 0.2) is 18.3 Å². The number of methoxy groups -OCH3 is 1. The maximum Gasteiger partial charge on any atom is 0.189 e. The highest BCUT2D eigenvalue weighted by atomic mass is 79.9. The summed E-state index contributed by atoms with van der Waals surface area (Å²) in [6.45, 7) is 0.991. The third-order valence-corrected chi connectivity index (χ3v) is 4.15. The second kappa shape index (κ2) is 7.26. The van der Waals surface area contributed by atoms with E-state index >= 15 is 0 Å². The fourth-order valence-electron chi connectivity index (χ4n) is 1.23. The third-order valence-electron chi connectivity index (χ3n) is 2.26. The van der Waals surface area contributed by atoms with E-state index in [0.717, 1.165) is 16.8 Å². The number of benzene rings is 1. The molecule has 1 aromatic carbocycles. The lowest BCUT2D eigenvalue weighted by Crippen LogP contribution is -2.10. The number of halogens is 1. The summed E-state index contributed by atoms with van der Waals surface area (Å²) in [6.07, 6.45) is 6.82. The topological polar surface area (TPSA) is 27.7 Å². The molecule has 0 aromatic heterocycles. The molecule has 3 nitrogen and oxygen atoms in total. The van der Waals surface area contributed by atoms with Gasteiger partial charge in [0.2, 0.25) is 0 Å². The van der Waals surface area contributed by atoms with Crippen LogP contribution in [0.5, 0.6) is 11.5 Å². The molecule has 0 saturated heterocycles. The van der Waals surface area contributed by atoms with Crippen molar-refractivity contribution in [1.82, 2.24) is 0 Å². The Morgan fingerprint density at radius 2 is 1.89 bits per heavy atom. The van der Waals surface area contributed by atoms with Crippen LogP contribution in [0.15, 0.2) is 22.7 Å². The molecule has 0 spiro atoms. The quantitative estimate of drug-likeness (QED) is 0.563. The van der Waals surface area contributed by atoms with Crippen molar-refractivity contribution < 1.29 is 14.2 Å². The van der Waals surface area contributed by atoms with Gasteiger partial charge < -0.3 is 14.2 Å². The molecule has 0 bridgehead atoms. The molecule has 0 heterocycles. The van der Waals surface area contributed by atoms with Gasteiger partial charge in [-0.15, -0.1) is 0 Å². The van der Waals surface area contributed by atoms with Crippen molar-refractivity contribution in [3.63, 3.8) is 0 Å². The predicted octanol–water partition coefficient (Wildman–Crippen LogP) is 3.50. The van der Waals surface area contributed by atoms with Gasteiger partial charge in [-0.05, 0) is 37.0 Å². The Balaban J connectivity index is 2.35. The number of ether oxygens (including phenoxy) is 3. The number of rotatable bonds is 7. The van der Waals surface area contributed by atoms with Crippen LogP contribution in [0, 0.1) is 0 Å². The molecule has 0 aliphatic carbocycles. The molecule has 0 amide bonds. The molecule has 0 N–H and O–H groups in total. The fourth-order valence-corrected chi connectivity index (χ4v) is 2.19. The van der Waals surface area contributed by atoms with Gasteiger partial charge in [-0.2, -0.15) is 0 Å². The molecule has 5 heteroatoms. The van der Waals surface area contributed by atoms with Gasteiger partial charge in [-0.1, -0.05) is 15.9 Å². The van der Waals surface area contributed by atoms with Crippen molar-refractivity contribution in [2.24, 2.45) is 0 Å². The second-order valence-corrected chi connectivity index (χ2v) is 10.3. The average Bonchev–Trinajstić information content (AvgIpc) is 2.28. The average molecular weight is 337 g/mol. The van der Waals surface area contributed by atoms with Crippen LogP contribution in [-0.4, -0.2) is 45.0 Å². The summed E-state index contributed by atoms with van der Waals surface area (Å²) in [6, 6.07) is 5.65. The maximum atomic E-state index is 5.54. The molecular formula is C13H21BrO3S. The first-order valence-electron chi connectivity index (χ1n) is 5.62. The van der Waals surface area contributed by atoms with E-state index in [2.05, 4.69) is 34.7 Å². The Kier molecular flexibility index (Phi) is 6.32. The number of hydrogen-bond acceptors (Lipinski definition) is 3. The predicted molar refractivity (Wildman–Crippen MR) is 82.4 cm³/mol. The van der Waals surface area contributed by atoms with Crippen LogP contribution in [0.4, 0.5) is 0 Å². The van der Waals surface area contributed by atoms with Crippen molar-refractivity contribution in [1.29, 1.82) is 0 Å². The minimum Gasteiger partial charge on any atom is -0.493 e. The molecule has 0 radical (unpaired) electrons. The summed E-state index contributed by atoms with van der Waals surface area (Å²) in [5.74, 6) is 2.49. The van der Waals surface area contributed by atoms with E-state index in [1.807, 2.05) is 18.2 Å². The highest BCUT2D eigenvalue weighted by Gasteiger charge is 2.06. The van der Waals surface area contributed by atoms with Gasteiger partial charge in [0.05, 0.1) is 13.7 Å². The summed E-state index contributed by atoms with van der Waals surface area (Å²) in [4.78, 5) is 0. The van der Waals surface area contributed by atoms with Crippen LogP contribution in [0.2, 0.25) is 0 Å². The Morgan fingerprint density at radius 3 is 2.50 bits per heavy atom. The van der Waals surface area contributed by atoms with Gasteiger partial charge in [0.25, 0.3) is 0 Å². The van der Waals surface area contributed by atoms with Gasteiger partial charge in [0, 0.05) is 10.2 Å². The molecule has 1 rings (SSSR count). The largest absolute Gasteiger partial charge is 0.493 e. The van der Waals surface area contributed by atoms with E-state index in [1.54, 1.807) is 7.11 Å². The minimum absolute atomic E-state index is 0.257. The van der Waals surface area contributed by atoms with E-state index in [4.69, 9.17) is 14.2 Å². The normalized spacial score (nSPS) is 12.3. The highest BCUT2D eigenvalue weighted by molar-refractivity contribution is 9.10. The molecule has 0 unspecified atom stereocenters. The van der Waals surface area contributed by atoms with Crippen LogP contribution in [0.1, 0.15) is 0 Å². The first-order valence-corrected chi connectivity index (χ1v) is 9.44. The van der Waals surface area contributed by atoms with E-state index in [9.17, 15) is 0 Å². The van der Waals surface area contributed by atoms with E-state index in [1.165, 1.54) is 0 Å². The lowest BCUT2D eigenvalue weighted by Gasteiger charge is -2.24. The summed E-state index contributed by atoms with van der Waals surface area (Å²) in [5.41, 5.74) is 0. The maximum absolute atomic E-state index is 5.54. The van der Waals surface area contributed by atoms with Crippen LogP contribution in [0.25, 0.3) is 0 Å². The molecule has 0 fully saturated rings. The SMILES string of the molecule is COc1cc(Br)ccc1OCOCCS(C)(C)C. The van der Waals surface area contributed by atoms with Crippen LogP contribution in [-0.2, 0) is 4.74 Å². The van der Waals surface area contributed by atoms with Crippen molar-refractivity contribution in [3.05, 3.63) is 22.7 Å². The smallest absolute Gasteiger partial charge is 0.189 e. The molecule has 0 saturated carbocycles. The fraction of sp³-hybridized carbons (Fsp3) is 0.538. The first kappa shape index (κ1) is 15.7. The van der Waals surface area contributed by atoms with Crippen molar-refractivity contribution >= 4 is 26.0 Å². The Hall–Kier alpha value is -0.390. The second-order valence-electron chi connectivity index (χ2n) is 4.76. The molecule has 0 aliphatic heterocycles. The molecule has 0 atom stereocenters. The van der Waals surface area contributed by atoms with E-state index < -0.39 is 10.0 Å². The monoisotopic (exact) mass is 336 g/mol. The van der Waals surface area contributed by atoms with Crippen LogP contribution >= 0.6 is 26.0 Å². The summed E-state index contributed by atoms with van der Waals surface area (Å²) < 4.78 is 17.2. The summed E-state index contributed by atoms with van der Waals surface area (Å²) in [5, 5.41) is 0. The summed E-state index contributed by atoms with van der Waals surface area (Å²) in [7, 11) is 1.12. The van der Waals surface area contributed by atoms with Gasteiger partial charge in [-0.25, -0.2) is 10.0 Å². The minimum atomic E-state index is -0.499. The van der Waals surface area contributed by atoms with Crippen LogP contribution < -0.4 is 9.47 Å². The summed E-state index contributed by atoms with van der Waals surface area (Å²) >= 11 is 3.39. The van der Waals surface area contributed by atoms with Crippen LogP contribution in [0.3, 0.4) is 0 Å². The molecule has 104 valence electrons. The van der Waals surface area contributed by atoms with Crippen molar-refractivity contribution in [2.45, 2.75) is 0 Å². The zero-order valence-corrected chi connectivity index (χ0v) is 13.8. The number of hydrogen-bond donors (Lipinski definition) is 0. The first-order chi connectivity index (χ1) is 8.42. The Labute approximate surface area is 119 Å². The van der Waals surface area contributed by atoms with Gasteiger partial charge >= 0.3 is 0 Å². The van der Waals surface area contributed by atoms with Crippen molar-refractivity contribution in [3.8, 4) is 11.5 Å². The zero-order valence-electron chi connectivity index (χ0n) is 11.4. The standard InChI is InChI=1S/C13H21BrO3S/c1-15-13-9-11(14)5-6-12(13)17-10-16-7-8-18(2,3)4/h5-6,9H,7-8,10H2,1-4H3. The highest BCUT2D eigenvalue weighted by Crippen LogP contribution is 2.33. The van der Waals surface area contributed by atoms with Gasteiger partial charge in [0.1, 0.15) is 0 Å². The molecular weight excluding hydrogens is 316 g/mol. The third kappa shape index (κ3) is 5.98. The lowest BCUT2D eigenvalue weighted by molar-refractivity contribution is 0.0221. The van der Waals surface area contributed by atoms with E-state index in [-0.39, 0.29) is 6.79 Å². The lowest BCUT2D eigenvalue weighted by atomic mass is 10.3. The van der Waals surface area contributed by atoms with Crippen molar-refractivity contribution in [2.75, 3.05) is 45.0 Å².